The first kappa shape index (κ1) is 17.7. The summed E-state index contributed by atoms with van der Waals surface area (Å²) in [6.07, 6.45) is 5.36. The van der Waals surface area contributed by atoms with Crippen LogP contribution in [0.5, 0.6) is 0 Å². The summed E-state index contributed by atoms with van der Waals surface area (Å²) in [6, 6.07) is 7.30. The Labute approximate surface area is 153 Å². The van der Waals surface area contributed by atoms with Crippen molar-refractivity contribution in [3.8, 4) is 0 Å². The van der Waals surface area contributed by atoms with Crippen LogP contribution in [0, 0.1) is 11.8 Å². The van der Waals surface area contributed by atoms with E-state index in [-0.39, 0.29) is 5.78 Å². The molecule has 0 spiro atoms. The highest BCUT2D eigenvalue weighted by atomic mass is 35.5. The van der Waals surface area contributed by atoms with Crippen LogP contribution in [0.4, 0.5) is 0 Å². The van der Waals surface area contributed by atoms with Gasteiger partial charge in [-0.2, -0.15) is 0 Å². The van der Waals surface area contributed by atoms with Crippen molar-refractivity contribution < 1.29 is 4.79 Å². The minimum atomic E-state index is 0.174. The number of halogens is 2. The fourth-order valence-electron chi connectivity index (χ4n) is 3.69. The summed E-state index contributed by atoms with van der Waals surface area (Å²) in [6.45, 7) is 4.03. The van der Waals surface area contributed by atoms with Gasteiger partial charge in [-0.05, 0) is 60.7 Å². The molecule has 0 bridgehead atoms. The van der Waals surface area contributed by atoms with Gasteiger partial charge in [-0.25, -0.2) is 4.42 Å². The van der Waals surface area contributed by atoms with Gasteiger partial charge in [-0.1, -0.05) is 24.9 Å². The standard InChI is InChI=1S/C19H22Cl2N2O/c1-2-13-12-23(21)10-8-14(13)3-6-19(24)16-7-9-22-18-5-4-15(20)11-17(16)18/h4-5,7,9,11,13-14H,2-3,6,8,10,12H2,1H3/t13-,14?/m0/s1. The summed E-state index contributed by atoms with van der Waals surface area (Å²) in [4.78, 5) is 17.1. The number of pyridine rings is 1. The lowest BCUT2D eigenvalue weighted by molar-refractivity contribution is 0.0954. The van der Waals surface area contributed by atoms with E-state index >= 15 is 0 Å². The molecule has 0 saturated carbocycles. The lowest BCUT2D eigenvalue weighted by Crippen LogP contribution is -2.35. The highest BCUT2D eigenvalue weighted by Crippen LogP contribution is 2.31. The van der Waals surface area contributed by atoms with Crippen LogP contribution in [0.25, 0.3) is 10.9 Å². The van der Waals surface area contributed by atoms with Crippen LogP contribution in [-0.2, 0) is 0 Å². The summed E-state index contributed by atoms with van der Waals surface area (Å²) >= 11 is 12.2. The quantitative estimate of drug-likeness (QED) is 0.529. The van der Waals surface area contributed by atoms with Crippen LogP contribution in [0.15, 0.2) is 30.5 Å². The van der Waals surface area contributed by atoms with Gasteiger partial charge in [0.1, 0.15) is 0 Å². The zero-order valence-electron chi connectivity index (χ0n) is 13.8. The van der Waals surface area contributed by atoms with E-state index in [9.17, 15) is 4.79 Å². The van der Waals surface area contributed by atoms with E-state index < -0.39 is 0 Å². The largest absolute Gasteiger partial charge is 0.294 e. The first-order valence-electron chi connectivity index (χ1n) is 8.56. The van der Waals surface area contributed by atoms with Crippen molar-refractivity contribution in [3.05, 3.63) is 41.0 Å². The highest BCUT2D eigenvalue weighted by Gasteiger charge is 2.27. The van der Waals surface area contributed by atoms with Crippen LogP contribution in [-0.4, -0.2) is 28.3 Å². The molecule has 1 aromatic carbocycles. The molecule has 1 aliphatic rings. The van der Waals surface area contributed by atoms with Crippen molar-refractivity contribution in [2.45, 2.75) is 32.6 Å². The molecule has 0 N–H and O–H groups in total. The Balaban J connectivity index is 1.72. The summed E-state index contributed by atoms with van der Waals surface area (Å²) in [5, 5.41) is 1.47. The third-order valence-corrected chi connectivity index (χ3v) is 5.65. The lowest BCUT2D eigenvalue weighted by Gasteiger charge is -2.34. The number of fused-ring (bicyclic) bond motifs is 1. The summed E-state index contributed by atoms with van der Waals surface area (Å²) < 4.78 is 1.88. The van der Waals surface area contributed by atoms with Crippen molar-refractivity contribution >= 4 is 40.1 Å². The van der Waals surface area contributed by atoms with Crippen LogP contribution in [0.1, 0.15) is 43.0 Å². The van der Waals surface area contributed by atoms with Crippen molar-refractivity contribution in [1.29, 1.82) is 0 Å². The fourth-order valence-corrected chi connectivity index (χ4v) is 4.14. The Hall–Kier alpha value is -1.16. The predicted octanol–water partition coefficient (Wildman–Crippen LogP) is 5.35. The number of hydrogen-bond donors (Lipinski definition) is 0. The highest BCUT2D eigenvalue weighted by molar-refractivity contribution is 6.31. The fraction of sp³-hybridized carbons (Fsp3) is 0.474. The van der Waals surface area contributed by atoms with Gasteiger partial charge in [0.05, 0.1) is 5.52 Å². The van der Waals surface area contributed by atoms with Crippen LogP contribution in [0.2, 0.25) is 5.02 Å². The van der Waals surface area contributed by atoms with Gasteiger partial charge in [0.15, 0.2) is 5.78 Å². The van der Waals surface area contributed by atoms with E-state index in [0.717, 1.165) is 48.8 Å². The smallest absolute Gasteiger partial charge is 0.163 e. The average Bonchev–Trinajstić information content (AvgIpc) is 2.59. The van der Waals surface area contributed by atoms with Crippen molar-refractivity contribution in [1.82, 2.24) is 9.40 Å². The zero-order chi connectivity index (χ0) is 17.1. The molecule has 0 aliphatic carbocycles. The van der Waals surface area contributed by atoms with Crippen LogP contribution in [0.3, 0.4) is 0 Å². The second kappa shape index (κ2) is 7.81. The molecule has 0 radical (unpaired) electrons. The van der Waals surface area contributed by atoms with Gasteiger partial charge in [0.25, 0.3) is 0 Å². The third kappa shape index (κ3) is 3.90. The number of nitrogens with zero attached hydrogens (tertiary/aromatic N) is 2. The first-order valence-corrected chi connectivity index (χ1v) is 9.28. The molecular weight excluding hydrogens is 343 g/mol. The Morgan fingerprint density at radius 3 is 2.96 bits per heavy atom. The van der Waals surface area contributed by atoms with Gasteiger partial charge in [0.2, 0.25) is 0 Å². The number of Topliss-reactive ketones (excluding diaryl/α,β-unsaturated/α-hetero) is 1. The number of carbonyl (C=O) groups is 1. The maximum absolute atomic E-state index is 12.8. The van der Waals surface area contributed by atoms with E-state index in [1.165, 1.54) is 0 Å². The molecule has 5 heteroatoms. The Morgan fingerprint density at radius 2 is 2.17 bits per heavy atom. The third-order valence-electron chi connectivity index (χ3n) is 5.11. The van der Waals surface area contributed by atoms with E-state index in [2.05, 4.69) is 11.9 Å². The number of hydrogen-bond acceptors (Lipinski definition) is 3. The molecule has 1 aromatic heterocycles. The van der Waals surface area contributed by atoms with Crippen molar-refractivity contribution in [2.75, 3.05) is 13.1 Å². The Kier molecular flexibility index (Phi) is 5.75. The van der Waals surface area contributed by atoms with Gasteiger partial charge in [-0.3, -0.25) is 9.78 Å². The summed E-state index contributed by atoms with van der Waals surface area (Å²) in [5.74, 6) is 1.33. The molecule has 3 rings (SSSR count). The second-order valence-corrected chi connectivity index (χ2v) is 7.48. The minimum Gasteiger partial charge on any atom is -0.294 e. The Morgan fingerprint density at radius 1 is 1.33 bits per heavy atom. The van der Waals surface area contributed by atoms with E-state index in [0.29, 0.717) is 23.3 Å². The van der Waals surface area contributed by atoms with Crippen molar-refractivity contribution in [3.63, 3.8) is 0 Å². The molecule has 24 heavy (non-hydrogen) atoms. The van der Waals surface area contributed by atoms with Crippen molar-refractivity contribution in [2.24, 2.45) is 11.8 Å². The van der Waals surface area contributed by atoms with E-state index in [4.69, 9.17) is 23.4 Å². The van der Waals surface area contributed by atoms with Gasteiger partial charge < -0.3 is 0 Å². The monoisotopic (exact) mass is 364 g/mol. The molecule has 1 fully saturated rings. The normalized spacial score (nSPS) is 22.0. The molecule has 3 nitrogen and oxygen atoms in total. The van der Waals surface area contributed by atoms with E-state index in [1.807, 2.05) is 16.6 Å². The molecule has 0 amide bonds. The Bertz CT molecular complexity index is 734. The SMILES string of the molecule is CC[C@H]1CN(Cl)CCC1CCC(=O)c1ccnc2ccc(Cl)cc12. The maximum atomic E-state index is 12.8. The number of benzene rings is 1. The number of piperidine rings is 1. The van der Waals surface area contributed by atoms with E-state index in [1.54, 1.807) is 18.3 Å². The average molecular weight is 365 g/mol. The molecule has 2 aromatic rings. The second-order valence-electron chi connectivity index (χ2n) is 6.57. The number of carbonyl (C=O) groups excluding carboxylic acids is 1. The molecule has 128 valence electrons. The summed E-state index contributed by atoms with van der Waals surface area (Å²) in [7, 11) is 0. The molecule has 1 saturated heterocycles. The topological polar surface area (TPSA) is 33.2 Å². The number of ketones is 1. The molecular formula is C19H22Cl2N2O. The predicted molar refractivity (Wildman–Crippen MR) is 99.6 cm³/mol. The summed E-state index contributed by atoms with van der Waals surface area (Å²) in [5.41, 5.74) is 1.54. The van der Waals surface area contributed by atoms with Crippen LogP contribution < -0.4 is 0 Å². The molecule has 2 heterocycles. The van der Waals surface area contributed by atoms with Gasteiger partial charge in [-0.15, -0.1) is 0 Å². The molecule has 2 atom stereocenters. The minimum absolute atomic E-state index is 0.174. The number of rotatable bonds is 5. The van der Waals surface area contributed by atoms with Crippen LogP contribution >= 0.6 is 23.4 Å². The molecule has 1 unspecified atom stereocenters. The van der Waals surface area contributed by atoms with Gasteiger partial charge in [0, 0.05) is 41.7 Å². The maximum Gasteiger partial charge on any atom is 0.163 e. The molecule has 1 aliphatic heterocycles. The lowest BCUT2D eigenvalue weighted by atomic mass is 9.81. The zero-order valence-corrected chi connectivity index (χ0v) is 15.4. The van der Waals surface area contributed by atoms with Gasteiger partial charge >= 0.3 is 0 Å². The number of aromatic nitrogens is 1. The first-order chi connectivity index (χ1) is 11.6.